The van der Waals surface area contributed by atoms with Gasteiger partial charge in [0.05, 0.1) is 10.8 Å². The van der Waals surface area contributed by atoms with Crippen LogP contribution in [0.4, 0.5) is 0 Å². The molecule has 0 radical (unpaired) electrons. The lowest BCUT2D eigenvalue weighted by atomic mass is 9.84. The minimum absolute atomic E-state index is 0.0585. The lowest BCUT2D eigenvalue weighted by Crippen LogP contribution is -2.12. The van der Waals surface area contributed by atoms with Crippen LogP contribution in [0.25, 0.3) is 0 Å². The molecule has 0 aromatic heterocycles. The molecule has 1 N–H and O–H groups in total. The third-order valence-electron chi connectivity index (χ3n) is 3.90. The van der Waals surface area contributed by atoms with Crippen molar-refractivity contribution in [3.8, 4) is 0 Å². The van der Waals surface area contributed by atoms with Gasteiger partial charge in [-0.1, -0.05) is 51.1 Å². The molecular formula is C19H22O2S. The standard InChI is InChI=1S/C19H22O2S/c1-12-11-15(19(2,3)4)9-10-16(12)17(22)13-5-7-14(8-6-13)18(20)21/h5-11,17,22H,1-4H3,(H,20,21). The van der Waals surface area contributed by atoms with E-state index in [0.717, 1.165) is 11.1 Å². The molecule has 22 heavy (non-hydrogen) atoms. The smallest absolute Gasteiger partial charge is 0.335 e. The number of thiol groups is 1. The highest BCUT2D eigenvalue weighted by atomic mass is 32.1. The molecule has 0 aliphatic heterocycles. The Morgan fingerprint density at radius 2 is 1.68 bits per heavy atom. The van der Waals surface area contributed by atoms with Crippen LogP contribution in [0, 0.1) is 6.92 Å². The molecule has 116 valence electrons. The maximum Gasteiger partial charge on any atom is 0.335 e. The van der Waals surface area contributed by atoms with E-state index < -0.39 is 5.97 Å². The van der Waals surface area contributed by atoms with Gasteiger partial charge in [-0.2, -0.15) is 12.6 Å². The van der Waals surface area contributed by atoms with Crippen molar-refractivity contribution in [2.24, 2.45) is 0 Å². The van der Waals surface area contributed by atoms with Crippen molar-refractivity contribution in [3.63, 3.8) is 0 Å². The number of carboxylic acid groups (broad SMARTS) is 1. The lowest BCUT2D eigenvalue weighted by Gasteiger charge is -2.22. The van der Waals surface area contributed by atoms with E-state index >= 15 is 0 Å². The summed E-state index contributed by atoms with van der Waals surface area (Å²) in [7, 11) is 0. The summed E-state index contributed by atoms with van der Waals surface area (Å²) in [4.78, 5) is 10.9. The number of benzene rings is 2. The first-order valence-electron chi connectivity index (χ1n) is 7.32. The van der Waals surface area contributed by atoms with Crippen LogP contribution in [0.1, 0.15) is 58.6 Å². The minimum atomic E-state index is -0.909. The second-order valence-corrected chi connectivity index (χ2v) is 7.17. The van der Waals surface area contributed by atoms with Gasteiger partial charge in [-0.15, -0.1) is 0 Å². The summed E-state index contributed by atoms with van der Waals surface area (Å²) in [6.45, 7) is 8.69. The van der Waals surface area contributed by atoms with Crippen LogP contribution in [0.15, 0.2) is 42.5 Å². The molecule has 0 bridgehead atoms. The molecular weight excluding hydrogens is 292 g/mol. The Kier molecular flexibility index (Phi) is 4.66. The number of rotatable bonds is 3. The van der Waals surface area contributed by atoms with E-state index in [0.29, 0.717) is 5.56 Å². The number of aromatic carboxylic acids is 1. The summed E-state index contributed by atoms with van der Waals surface area (Å²) in [6, 6.07) is 13.4. The normalized spacial score (nSPS) is 13.0. The van der Waals surface area contributed by atoms with Gasteiger partial charge in [-0.05, 0) is 46.7 Å². The Labute approximate surface area is 137 Å². The average Bonchev–Trinajstić information content (AvgIpc) is 2.45. The van der Waals surface area contributed by atoms with Crippen molar-refractivity contribution in [1.29, 1.82) is 0 Å². The number of carbonyl (C=O) groups is 1. The SMILES string of the molecule is Cc1cc(C(C)(C)C)ccc1C(S)c1ccc(C(=O)O)cc1. The fourth-order valence-corrected chi connectivity index (χ4v) is 2.90. The molecule has 1 atom stereocenters. The fourth-order valence-electron chi connectivity index (χ4n) is 2.44. The quantitative estimate of drug-likeness (QED) is 0.781. The van der Waals surface area contributed by atoms with Crippen molar-refractivity contribution >= 4 is 18.6 Å². The van der Waals surface area contributed by atoms with Crippen LogP contribution < -0.4 is 0 Å². The predicted molar refractivity (Wildman–Crippen MR) is 94.1 cm³/mol. The van der Waals surface area contributed by atoms with Crippen molar-refractivity contribution in [3.05, 3.63) is 70.3 Å². The molecule has 1 unspecified atom stereocenters. The summed E-state index contributed by atoms with van der Waals surface area (Å²) in [6.07, 6.45) is 0. The maximum absolute atomic E-state index is 10.9. The highest BCUT2D eigenvalue weighted by molar-refractivity contribution is 7.80. The second kappa shape index (κ2) is 6.17. The third-order valence-corrected chi connectivity index (χ3v) is 4.48. The highest BCUT2D eigenvalue weighted by Crippen LogP contribution is 2.33. The predicted octanol–water partition coefficient (Wildman–Crippen LogP) is 5.01. The second-order valence-electron chi connectivity index (χ2n) is 6.65. The van der Waals surface area contributed by atoms with Crippen molar-refractivity contribution in [2.75, 3.05) is 0 Å². The Morgan fingerprint density at radius 3 is 2.14 bits per heavy atom. The Hall–Kier alpha value is -1.74. The summed E-state index contributed by atoms with van der Waals surface area (Å²) < 4.78 is 0. The Bertz CT molecular complexity index is 682. The molecule has 0 fully saturated rings. The molecule has 0 amide bonds. The molecule has 2 nitrogen and oxygen atoms in total. The fraction of sp³-hybridized carbons (Fsp3) is 0.316. The van der Waals surface area contributed by atoms with Gasteiger partial charge in [-0.3, -0.25) is 0 Å². The van der Waals surface area contributed by atoms with Crippen LogP contribution >= 0.6 is 12.6 Å². The molecule has 2 rings (SSSR count). The molecule has 0 saturated heterocycles. The van der Waals surface area contributed by atoms with E-state index in [-0.39, 0.29) is 10.7 Å². The first kappa shape index (κ1) is 16.6. The van der Waals surface area contributed by atoms with Gasteiger partial charge in [0.1, 0.15) is 0 Å². The zero-order valence-electron chi connectivity index (χ0n) is 13.4. The van der Waals surface area contributed by atoms with Gasteiger partial charge < -0.3 is 5.11 Å². The van der Waals surface area contributed by atoms with Gasteiger partial charge in [0.25, 0.3) is 0 Å². The number of carboxylic acids is 1. The topological polar surface area (TPSA) is 37.3 Å². The van der Waals surface area contributed by atoms with Gasteiger partial charge in [0.15, 0.2) is 0 Å². The van der Waals surface area contributed by atoms with Gasteiger partial charge in [-0.25, -0.2) is 4.79 Å². The van der Waals surface area contributed by atoms with Crippen molar-refractivity contribution < 1.29 is 9.90 Å². The first-order valence-corrected chi connectivity index (χ1v) is 7.84. The van der Waals surface area contributed by atoms with Crippen LogP contribution in [0.3, 0.4) is 0 Å². The van der Waals surface area contributed by atoms with Gasteiger partial charge in [0, 0.05) is 0 Å². The molecule has 0 aliphatic carbocycles. The van der Waals surface area contributed by atoms with E-state index in [1.807, 2.05) is 12.1 Å². The highest BCUT2D eigenvalue weighted by Gasteiger charge is 2.17. The molecule has 0 saturated carbocycles. The van der Waals surface area contributed by atoms with E-state index in [2.05, 4.69) is 45.9 Å². The van der Waals surface area contributed by atoms with Crippen LogP contribution in [0.2, 0.25) is 0 Å². The molecule has 0 heterocycles. The van der Waals surface area contributed by atoms with Crippen LogP contribution in [0.5, 0.6) is 0 Å². The van der Waals surface area contributed by atoms with Gasteiger partial charge >= 0.3 is 5.97 Å². The zero-order valence-corrected chi connectivity index (χ0v) is 14.3. The molecule has 2 aromatic rings. The van der Waals surface area contributed by atoms with E-state index in [1.54, 1.807) is 12.1 Å². The number of hydrogen-bond donors (Lipinski definition) is 2. The molecule has 0 spiro atoms. The Balaban J connectivity index is 2.33. The van der Waals surface area contributed by atoms with Crippen LogP contribution in [-0.2, 0) is 5.41 Å². The third kappa shape index (κ3) is 3.53. The van der Waals surface area contributed by atoms with E-state index in [9.17, 15) is 4.79 Å². The van der Waals surface area contributed by atoms with E-state index in [1.165, 1.54) is 11.1 Å². The van der Waals surface area contributed by atoms with Crippen LogP contribution in [-0.4, -0.2) is 11.1 Å². The largest absolute Gasteiger partial charge is 0.478 e. The van der Waals surface area contributed by atoms with Crippen molar-refractivity contribution in [2.45, 2.75) is 38.4 Å². The monoisotopic (exact) mass is 314 g/mol. The summed E-state index contributed by atoms with van der Waals surface area (Å²) in [5, 5.41) is 8.90. The van der Waals surface area contributed by atoms with Gasteiger partial charge in [0.2, 0.25) is 0 Å². The lowest BCUT2D eigenvalue weighted by molar-refractivity contribution is 0.0697. The van der Waals surface area contributed by atoms with E-state index in [4.69, 9.17) is 17.7 Å². The maximum atomic E-state index is 10.9. The summed E-state index contributed by atoms with van der Waals surface area (Å²) >= 11 is 4.72. The Morgan fingerprint density at radius 1 is 1.09 bits per heavy atom. The molecule has 3 heteroatoms. The van der Waals surface area contributed by atoms with Crippen molar-refractivity contribution in [1.82, 2.24) is 0 Å². The zero-order chi connectivity index (χ0) is 16.5. The average molecular weight is 314 g/mol. The first-order chi connectivity index (χ1) is 10.2. The summed E-state index contributed by atoms with van der Waals surface area (Å²) in [5.74, 6) is -0.909. The summed E-state index contributed by atoms with van der Waals surface area (Å²) in [5.41, 5.74) is 5.08. The number of aryl methyl sites for hydroxylation is 1. The molecule has 2 aromatic carbocycles. The molecule has 0 aliphatic rings. The minimum Gasteiger partial charge on any atom is -0.478 e. The number of hydrogen-bond acceptors (Lipinski definition) is 2.